The van der Waals surface area contributed by atoms with E-state index in [2.05, 4.69) is 101 Å². The molecular weight excluding hydrogens is 715 g/mol. The van der Waals surface area contributed by atoms with Crippen molar-refractivity contribution in [1.29, 1.82) is 0 Å². The zero-order valence-corrected chi connectivity index (χ0v) is 27.5. The fourth-order valence-corrected chi connectivity index (χ4v) is 5.97. The van der Waals surface area contributed by atoms with Crippen molar-refractivity contribution in [2.45, 2.75) is 34.6 Å². The molecule has 7 rings (SSSR count). The molecule has 0 aliphatic heterocycles. The van der Waals surface area contributed by atoms with Crippen LogP contribution in [0.15, 0.2) is 76.7 Å². The Balaban J connectivity index is 0.000000174. The average molecular weight is 746 g/mol. The van der Waals surface area contributed by atoms with Crippen molar-refractivity contribution in [3.8, 4) is 22.5 Å². The number of pyridine rings is 3. The second kappa shape index (κ2) is 11.7. The maximum atomic E-state index is 6.06. The van der Waals surface area contributed by atoms with Gasteiger partial charge in [0.15, 0.2) is 0 Å². The van der Waals surface area contributed by atoms with Crippen LogP contribution in [0.1, 0.15) is 33.5 Å². The third kappa shape index (κ3) is 5.46. The number of fused-ring (bicyclic) bond motifs is 4. The van der Waals surface area contributed by atoms with Crippen molar-refractivity contribution in [2.75, 3.05) is 0 Å². The maximum absolute atomic E-state index is 6.06. The normalized spacial score (nSPS) is 11.0. The van der Waals surface area contributed by atoms with Gasteiger partial charge in [0.25, 0.3) is 0 Å². The Bertz CT molecular complexity index is 2090. The summed E-state index contributed by atoms with van der Waals surface area (Å²) >= 11 is 1.72. The van der Waals surface area contributed by atoms with Crippen LogP contribution in [0.2, 0.25) is 0 Å². The Labute approximate surface area is 264 Å². The summed E-state index contributed by atoms with van der Waals surface area (Å²) in [4.78, 5) is 9.35. The van der Waals surface area contributed by atoms with Crippen LogP contribution in [0.3, 0.4) is 0 Å². The van der Waals surface area contributed by atoms with Gasteiger partial charge in [-0.15, -0.1) is 46.7 Å². The largest absolute Gasteiger partial charge is 3.00 e. The first kappa shape index (κ1) is 29.5. The van der Waals surface area contributed by atoms with E-state index in [1.165, 1.54) is 27.0 Å². The first-order chi connectivity index (χ1) is 19.7. The van der Waals surface area contributed by atoms with E-state index in [0.29, 0.717) is 5.71 Å². The molecule has 0 N–H and O–H groups in total. The van der Waals surface area contributed by atoms with Crippen LogP contribution in [-0.4, -0.2) is 9.97 Å². The van der Waals surface area contributed by atoms with Crippen LogP contribution in [-0.2, 0) is 20.1 Å². The van der Waals surface area contributed by atoms with Gasteiger partial charge in [-0.05, 0) is 68.1 Å². The quantitative estimate of drug-likeness (QED) is 0.131. The number of thiophene rings is 1. The minimum absolute atomic E-state index is 0. The molecule has 0 bridgehead atoms. The smallest absolute Gasteiger partial charge is 0.486 e. The Morgan fingerprint density at radius 1 is 0.857 bits per heavy atom. The molecular formula is C36H31IrN3OS+. The van der Waals surface area contributed by atoms with Gasteiger partial charge >= 0.3 is 20.1 Å². The third-order valence-electron chi connectivity index (χ3n) is 7.46. The molecule has 7 aromatic rings. The van der Waals surface area contributed by atoms with Crippen LogP contribution in [0.4, 0.5) is 0 Å². The van der Waals surface area contributed by atoms with Crippen molar-refractivity contribution in [2.24, 2.45) is 0 Å². The SMILES string of the molecule is Cc1ccc2c(n1)oc1c(-c3ccc4scc(C)c4n3)[c-]ccc12.[CH2-]c1cc(C)ccc1-c1cc(C)c(C)c[n+]1[CH2-].[Ir+3]. The molecule has 0 aliphatic rings. The molecule has 0 atom stereocenters. The van der Waals surface area contributed by atoms with Gasteiger partial charge in [-0.1, -0.05) is 41.6 Å². The van der Waals surface area contributed by atoms with E-state index >= 15 is 0 Å². The van der Waals surface area contributed by atoms with Gasteiger partial charge in [0.2, 0.25) is 5.71 Å². The minimum atomic E-state index is 0. The van der Waals surface area contributed by atoms with Gasteiger partial charge in [0.05, 0.1) is 27.7 Å². The average Bonchev–Trinajstić information content (AvgIpc) is 3.50. The molecule has 0 aliphatic carbocycles. The van der Waals surface area contributed by atoms with Crippen molar-refractivity contribution in [1.82, 2.24) is 9.97 Å². The van der Waals surface area contributed by atoms with E-state index in [-0.39, 0.29) is 20.1 Å². The number of aromatic nitrogens is 3. The fraction of sp³-hybridized carbons (Fsp3) is 0.139. The molecule has 0 unspecified atom stereocenters. The summed E-state index contributed by atoms with van der Waals surface area (Å²) in [6.07, 6.45) is 2.06. The zero-order chi connectivity index (χ0) is 28.8. The number of rotatable bonds is 2. The minimum Gasteiger partial charge on any atom is -0.486 e. The first-order valence-corrected chi connectivity index (χ1v) is 14.4. The van der Waals surface area contributed by atoms with Gasteiger partial charge in [-0.2, -0.15) is 18.6 Å². The molecule has 0 spiro atoms. The standard InChI is InChI=1S/C20H13N2OS.C16H18N.Ir/c1-11-10-24-17-9-8-16(22-18(11)17)15-5-3-4-13-14-7-6-12(2)21-20(14)23-19(13)15;1-11-6-7-15(13(3)8-11)16-9-12(2)14(4)10-17(16)5;/h3-4,6-10H,1-2H3;6-10H,3,5H2,1-2,4H3;/q2*-1;+3. The molecule has 5 aromatic heterocycles. The Morgan fingerprint density at radius 2 is 1.67 bits per heavy atom. The molecule has 0 fully saturated rings. The molecule has 210 valence electrons. The number of furan rings is 1. The molecule has 42 heavy (non-hydrogen) atoms. The number of nitrogens with zero attached hydrogens (tertiary/aromatic N) is 3. The Morgan fingerprint density at radius 3 is 2.45 bits per heavy atom. The maximum Gasteiger partial charge on any atom is 3.00 e. The molecule has 6 heteroatoms. The van der Waals surface area contributed by atoms with Gasteiger partial charge < -0.3 is 8.98 Å². The molecule has 0 saturated heterocycles. The van der Waals surface area contributed by atoms with Crippen molar-refractivity contribution < 1.29 is 29.1 Å². The summed E-state index contributed by atoms with van der Waals surface area (Å²) < 4.78 is 9.18. The van der Waals surface area contributed by atoms with Crippen LogP contribution in [0.25, 0.3) is 54.8 Å². The van der Waals surface area contributed by atoms with Gasteiger partial charge in [0, 0.05) is 18.1 Å². The molecule has 0 saturated carbocycles. The van der Waals surface area contributed by atoms with Gasteiger partial charge in [-0.3, -0.25) is 4.98 Å². The second-order valence-corrected chi connectivity index (χ2v) is 11.5. The predicted molar refractivity (Wildman–Crippen MR) is 170 cm³/mol. The van der Waals surface area contributed by atoms with E-state index in [4.69, 9.17) is 9.40 Å². The van der Waals surface area contributed by atoms with E-state index in [9.17, 15) is 0 Å². The van der Waals surface area contributed by atoms with E-state index in [0.717, 1.165) is 55.6 Å². The molecule has 5 heterocycles. The van der Waals surface area contributed by atoms with Gasteiger partial charge in [0.1, 0.15) is 0 Å². The Kier molecular flexibility index (Phi) is 8.25. The monoisotopic (exact) mass is 746 g/mol. The van der Waals surface area contributed by atoms with Crippen LogP contribution >= 0.6 is 11.3 Å². The van der Waals surface area contributed by atoms with Crippen LogP contribution in [0.5, 0.6) is 0 Å². The fourth-order valence-electron chi connectivity index (χ4n) is 5.09. The Hall–Kier alpha value is -3.96. The van der Waals surface area contributed by atoms with Crippen molar-refractivity contribution in [3.05, 3.63) is 126 Å². The second-order valence-electron chi connectivity index (χ2n) is 10.6. The number of benzene rings is 2. The molecule has 2 aromatic carbocycles. The summed E-state index contributed by atoms with van der Waals surface area (Å²) in [6, 6.07) is 24.0. The molecule has 4 nitrogen and oxygen atoms in total. The number of aryl methyl sites for hydroxylation is 5. The molecule has 0 amide bonds. The van der Waals surface area contributed by atoms with E-state index in [1.54, 1.807) is 11.3 Å². The van der Waals surface area contributed by atoms with E-state index in [1.807, 2.05) is 35.8 Å². The summed E-state index contributed by atoms with van der Waals surface area (Å²) in [7, 11) is 4.05. The van der Waals surface area contributed by atoms with Crippen molar-refractivity contribution in [3.63, 3.8) is 0 Å². The van der Waals surface area contributed by atoms with Crippen LogP contribution < -0.4 is 4.57 Å². The zero-order valence-electron chi connectivity index (χ0n) is 24.3. The third-order valence-corrected chi connectivity index (χ3v) is 8.51. The number of hydrogen-bond acceptors (Lipinski definition) is 4. The van der Waals surface area contributed by atoms with Gasteiger partial charge in [-0.25, -0.2) is 4.98 Å². The van der Waals surface area contributed by atoms with Crippen molar-refractivity contribution >= 4 is 43.6 Å². The number of hydrogen-bond donors (Lipinski definition) is 0. The first-order valence-electron chi connectivity index (χ1n) is 13.5. The summed E-state index contributed by atoms with van der Waals surface area (Å²) in [5, 5.41) is 4.22. The summed E-state index contributed by atoms with van der Waals surface area (Å²) in [5.41, 5.74) is 13.5. The molecule has 0 radical (unpaired) electrons. The predicted octanol–water partition coefficient (Wildman–Crippen LogP) is 9.06. The van der Waals surface area contributed by atoms with Crippen LogP contribution in [0, 0.1) is 54.7 Å². The summed E-state index contributed by atoms with van der Waals surface area (Å²) in [6.45, 7) is 14.5. The topological polar surface area (TPSA) is 42.8 Å². The van der Waals surface area contributed by atoms with E-state index < -0.39 is 0 Å². The summed E-state index contributed by atoms with van der Waals surface area (Å²) in [5.74, 6) is 0.